The Balaban J connectivity index is 1.92. The fourth-order valence-corrected chi connectivity index (χ4v) is 2.93. The largest absolute Gasteiger partial charge is 0.492 e. The Morgan fingerprint density at radius 1 is 1.32 bits per heavy atom. The summed E-state index contributed by atoms with van der Waals surface area (Å²) >= 11 is 0.665. The van der Waals surface area contributed by atoms with Crippen molar-refractivity contribution < 1.29 is 27.8 Å². The minimum absolute atomic E-state index is 0.0125. The van der Waals surface area contributed by atoms with E-state index in [1.54, 1.807) is 24.3 Å². The number of hydrogen-bond acceptors (Lipinski definition) is 5. The van der Waals surface area contributed by atoms with E-state index in [-0.39, 0.29) is 13.2 Å². The fraction of sp³-hybridized carbons (Fsp3) is 0.375. The zero-order chi connectivity index (χ0) is 18.5. The first-order valence-electron chi connectivity index (χ1n) is 7.38. The minimum atomic E-state index is -5.02. The number of amides is 1. The van der Waals surface area contributed by atoms with E-state index >= 15 is 0 Å². The average Bonchev–Trinajstić information content (AvgIpc) is 2.98. The third-order valence-electron chi connectivity index (χ3n) is 3.29. The van der Waals surface area contributed by atoms with Crippen molar-refractivity contribution in [3.8, 4) is 5.75 Å². The number of carbonyl (C=O) groups is 1. The number of nitrogens with one attached hydrogen (secondary N) is 1. The smallest absolute Gasteiger partial charge is 0.424 e. The molecule has 0 spiro atoms. The Hall–Kier alpha value is -2.13. The molecule has 0 radical (unpaired) electrons. The van der Waals surface area contributed by atoms with Crippen molar-refractivity contribution in [1.82, 2.24) is 10.3 Å². The highest BCUT2D eigenvalue weighted by Crippen LogP contribution is 2.42. The van der Waals surface area contributed by atoms with Crippen molar-refractivity contribution in [2.45, 2.75) is 25.1 Å². The van der Waals surface area contributed by atoms with Gasteiger partial charge in [0.1, 0.15) is 17.4 Å². The SMILES string of the molecule is Cc1csc([C@@](O)(CC(=O)NCCOc2ccccc2)C(F)(F)F)n1. The average molecular weight is 374 g/mol. The minimum Gasteiger partial charge on any atom is -0.492 e. The molecule has 0 bridgehead atoms. The van der Waals surface area contributed by atoms with Crippen LogP contribution < -0.4 is 10.1 Å². The Bertz CT molecular complexity index is 706. The zero-order valence-corrected chi connectivity index (χ0v) is 14.2. The number of hydrogen-bond donors (Lipinski definition) is 2. The third kappa shape index (κ3) is 4.93. The van der Waals surface area contributed by atoms with Gasteiger partial charge in [-0.2, -0.15) is 13.2 Å². The summed E-state index contributed by atoms with van der Waals surface area (Å²) in [6.45, 7) is 1.62. The van der Waals surface area contributed by atoms with Crippen LogP contribution in [0.1, 0.15) is 17.1 Å². The summed E-state index contributed by atoms with van der Waals surface area (Å²) in [5.41, 5.74) is -2.96. The van der Waals surface area contributed by atoms with E-state index in [0.717, 1.165) is 0 Å². The molecular weight excluding hydrogens is 357 g/mol. The van der Waals surface area contributed by atoms with Crippen LogP contribution in [0.2, 0.25) is 0 Å². The first-order chi connectivity index (χ1) is 11.7. The lowest BCUT2D eigenvalue weighted by molar-refractivity contribution is -0.267. The lowest BCUT2D eigenvalue weighted by atomic mass is 9.99. The summed E-state index contributed by atoms with van der Waals surface area (Å²) in [5, 5.41) is 13.2. The Labute approximate surface area is 146 Å². The van der Waals surface area contributed by atoms with Gasteiger partial charge in [0.15, 0.2) is 0 Å². The summed E-state index contributed by atoms with van der Waals surface area (Å²) in [4.78, 5) is 15.5. The number of aromatic nitrogens is 1. The number of nitrogens with zero attached hydrogens (tertiary/aromatic N) is 1. The Kier molecular flexibility index (Phi) is 6.02. The van der Waals surface area contributed by atoms with Gasteiger partial charge in [-0.15, -0.1) is 11.3 Å². The van der Waals surface area contributed by atoms with Crippen molar-refractivity contribution in [1.29, 1.82) is 0 Å². The van der Waals surface area contributed by atoms with Crippen LogP contribution in [0.4, 0.5) is 13.2 Å². The molecule has 1 heterocycles. The second kappa shape index (κ2) is 7.83. The van der Waals surface area contributed by atoms with Gasteiger partial charge in [-0.3, -0.25) is 4.79 Å². The quantitative estimate of drug-likeness (QED) is 0.731. The molecule has 0 saturated carbocycles. The van der Waals surface area contributed by atoms with E-state index < -0.39 is 29.1 Å². The van der Waals surface area contributed by atoms with Crippen LogP contribution in [0.3, 0.4) is 0 Å². The van der Waals surface area contributed by atoms with Gasteiger partial charge in [0, 0.05) is 11.1 Å². The number of aliphatic hydroxyl groups is 1. The number of alkyl halides is 3. The van der Waals surface area contributed by atoms with Crippen LogP contribution in [0, 0.1) is 6.92 Å². The Morgan fingerprint density at radius 3 is 2.56 bits per heavy atom. The predicted octanol–water partition coefficient (Wildman–Crippen LogP) is 2.79. The van der Waals surface area contributed by atoms with Crippen LogP contribution in [0.5, 0.6) is 5.75 Å². The topological polar surface area (TPSA) is 71.5 Å². The molecule has 1 atom stereocenters. The normalized spacial score (nSPS) is 14.0. The third-order valence-corrected chi connectivity index (χ3v) is 4.41. The molecule has 0 aliphatic rings. The van der Waals surface area contributed by atoms with Gasteiger partial charge in [0.05, 0.1) is 13.0 Å². The van der Waals surface area contributed by atoms with Gasteiger partial charge in [-0.1, -0.05) is 18.2 Å². The second-order valence-electron chi connectivity index (χ2n) is 5.34. The lowest BCUT2D eigenvalue weighted by Crippen LogP contribution is -2.46. The number of rotatable bonds is 7. The second-order valence-corrected chi connectivity index (χ2v) is 6.20. The van der Waals surface area contributed by atoms with E-state index in [2.05, 4.69) is 10.3 Å². The molecule has 0 saturated heterocycles. The molecule has 0 aliphatic carbocycles. The van der Waals surface area contributed by atoms with Gasteiger partial charge in [-0.25, -0.2) is 4.98 Å². The van der Waals surface area contributed by atoms with E-state index in [1.165, 1.54) is 12.3 Å². The number of aryl methyl sites for hydroxylation is 1. The van der Waals surface area contributed by atoms with E-state index in [1.807, 2.05) is 6.07 Å². The van der Waals surface area contributed by atoms with Crippen LogP contribution >= 0.6 is 11.3 Å². The number of carbonyl (C=O) groups excluding carboxylic acids is 1. The maximum Gasteiger partial charge on any atom is 0.424 e. The molecule has 0 aliphatic heterocycles. The molecule has 2 aromatic rings. The predicted molar refractivity (Wildman–Crippen MR) is 86.4 cm³/mol. The van der Waals surface area contributed by atoms with Crippen molar-refractivity contribution >= 4 is 17.2 Å². The molecule has 1 aromatic carbocycles. The van der Waals surface area contributed by atoms with Gasteiger partial charge in [0.25, 0.3) is 0 Å². The van der Waals surface area contributed by atoms with Gasteiger partial charge in [-0.05, 0) is 19.1 Å². The highest BCUT2D eigenvalue weighted by Gasteiger charge is 2.58. The maximum absolute atomic E-state index is 13.3. The molecule has 5 nitrogen and oxygen atoms in total. The molecule has 0 fully saturated rings. The number of benzene rings is 1. The fourth-order valence-electron chi connectivity index (χ4n) is 2.01. The lowest BCUT2D eigenvalue weighted by Gasteiger charge is -2.27. The summed E-state index contributed by atoms with van der Waals surface area (Å²) in [6, 6.07) is 8.79. The van der Waals surface area contributed by atoms with Crippen LogP contribution in [-0.2, 0) is 10.4 Å². The molecule has 136 valence electrons. The molecule has 2 N–H and O–H groups in total. The number of para-hydroxylation sites is 1. The van der Waals surface area contributed by atoms with Crippen molar-refractivity contribution in [3.63, 3.8) is 0 Å². The van der Waals surface area contributed by atoms with Crippen LogP contribution in [0.25, 0.3) is 0 Å². The molecule has 2 rings (SSSR count). The number of thiazole rings is 1. The molecule has 0 unspecified atom stereocenters. The van der Waals surface area contributed by atoms with Gasteiger partial charge in [0.2, 0.25) is 11.5 Å². The highest BCUT2D eigenvalue weighted by molar-refractivity contribution is 7.09. The van der Waals surface area contributed by atoms with E-state index in [9.17, 15) is 23.1 Å². The number of ether oxygens (including phenoxy) is 1. The molecule has 9 heteroatoms. The molecular formula is C16H17F3N2O3S. The highest BCUT2D eigenvalue weighted by atomic mass is 32.1. The van der Waals surface area contributed by atoms with Crippen LogP contribution in [-0.4, -0.2) is 35.3 Å². The summed E-state index contributed by atoms with van der Waals surface area (Å²) < 4.78 is 45.2. The van der Waals surface area contributed by atoms with Gasteiger partial charge >= 0.3 is 6.18 Å². The molecule has 1 amide bonds. The van der Waals surface area contributed by atoms with Crippen molar-refractivity contribution in [2.75, 3.05) is 13.2 Å². The zero-order valence-electron chi connectivity index (χ0n) is 13.3. The first-order valence-corrected chi connectivity index (χ1v) is 8.26. The Morgan fingerprint density at radius 2 is 2.00 bits per heavy atom. The maximum atomic E-state index is 13.3. The van der Waals surface area contributed by atoms with E-state index in [4.69, 9.17) is 4.74 Å². The van der Waals surface area contributed by atoms with Crippen molar-refractivity contribution in [2.24, 2.45) is 0 Å². The molecule has 25 heavy (non-hydrogen) atoms. The van der Waals surface area contributed by atoms with Crippen LogP contribution in [0.15, 0.2) is 35.7 Å². The monoisotopic (exact) mass is 374 g/mol. The molecule has 1 aromatic heterocycles. The number of halogens is 3. The summed E-state index contributed by atoms with van der Waals surface area (Å²) in [7, 11) is 0. The first kappa shape index (κ1) is 19.2. The van der Waals surface area contributed by atoms with E-state index in [0.29, 0.717) is 22.8 Å². The summed E-state index contributed by atoms with van der Waals surface area (Å²) in [5.74, 6) is -0.355. The van der Waals surface area contributed by atoms with Gasteiger partial charge < -0.3 is 15.2 Å². The van der Waals surface area contributed by atoms with Crippen molar-refractivity contribution in [3.05, 3.63) is 46.4 Å². The summed E-state index contributed by atoms with van der Waals surface area (Å²) in [6.07, 6.45) is -6.18. The standard InChI is InChI=1S/C16H17F3N2O3S/c1-11-10-25-14(21-11)15(23,16(17,18)19)9-13(22)20-7-8-24-12-5-3-2-4-6-12/h2-6,10,23H,7-9H2,1H3,(H,20,22)/t15-/m0/s1.